The van der Waals surface area contributed by atoms with Crippen molar-refractivity contribution in [3.8, 4) is 10.6 Å². The molecule has 0 fully saturated rings. The van der Waals surface area contributed by atoms with Gasteiger partial charge < -0.3 is 5.73 Å². The first kappa shape index (κ1) is 10.9. The van der Waals surface area contributed by atoms with Crippen molar-refractivity contribution in [2.24, 2.45) is 5.73 Å². The molecule has 1 aliphatic carbocycles. The van der Waals surface area contributed by atoms with Gasteiger partial charge in [-0.15, -0.1) is 11.3 Å². The first-order valence-corrected chi connectivity index (χ1v) is 7.01. The van der Waals surface area contributed by atoms with E-state index in [2.05, 4.69) is 28.6 Å². The Kier molecular flexibility index (Phi) is 2.95. The molecule has 17 heavy (non-hydrogen) atoms. The van der Waals surface area contributed by atoms with Crippen LogP contribution >= 0.6 is 11.3 Å². The minimum atomic E-state index is 0.529. The van der Waals surface area contributed by atoms with E-state index in [0.29, 0.717) is 6.54 Å². The Morgan fingerprint density at radius 2 is 2.00 bits per heavy atom. The summed E-state index contributed by atoms with van der Waals surface area (Å²) in [5.41, 5.74) is 10.9. The zero-order chi connectivity index (χ0) is 11.7. The van der Waals surface area contributed by atoms with Crippen LogP contribution in [0.5, 0.6) is 0 Å². The summed E-state index contributed by atoms with van der Waals surface area (Å²) in [6, 6.07) is 6.78. The van der Waals surface area contributed by atoms with Gasteiger partial charge in [0.15, 0.2) is 0 Å². The highest BCUT2D eigenvalue weighted by Crippen LogP contribution is 2.29. The van der Waals surface area contributed by atoms with Gasteiger partial charge in [-0.25, -0.2) is 4.98 Å². The van der Waals surface area contributed by atoms with Gasteiger partial charge in [-0.2, -0.15) is 0 Å². The molecule has 2 nitrogen and oxygen atoms in total. The monoisotopic (exact) mass is 244 g/mol. The summed E-state index contributed by atoms with van der Waals surface area (Å²) < 4.78 is 0. The van der Waals surface area contributed by atoms with Crippen molar-refractivity contribution in [2.75, 3.05) is 0 Å². The van der Waals surface area contributed by atoms with Crippen LogP contribution < -0.4 is 5.73 Å². The van der Waals surface area contributed by atoms with Crippen molar-refractivity contribution in [3.05, 3.63) is 40.4 Å². The number of aromatic nitrogens is 1. The van der Waals surface area contributed by atoms with Gasteiger partial charge in [0.2, 0.25) is 0 Å². The molecule has 0 spiro atoms. The molecule has 3 rings (SSSR count). The third-order valence-corrected chi connectivity index (χ3v) is 4.30. The van der Waals surface area contributed by atoms with E-state index in [1.807, 2.05) is 0 Å². The average Bonchev–Trinajstić information content (AvgIpc) is 2.87. The smallest absolute Gasteiger partial charge is 0.123 e. The van der Waals surface area contributed by atoms with Crippen molar-refractivity contribution in [3.63, 3.8) is 0 Å². The molecule has 0 unspecified atom stereocenters. The topological polar surface area (TPSA) is 38.9 Å². The minimum absolute atomic E-state index is 0.529. The summed E-state index contributed by atoms with van der Waals surface area (Å²) in [4.78, 5) is 4.54. The predicted octanol–water partition coefficient (Wildman–Crippen LogP) is 3.15. The lowest BCUT2D eigenvalue weighted by molar-refractivity contribution is 0.686. The minimum Gasteiger partial charge on any atom is -0.325 e. The van der Waals surface area contributed by atoms with Gasteiger partial charge in [0.05, 0.1) is 5.69 Å². The lowest BCUT2D eigenvalue weighted by Gasteiger charge is -2.15. The number of rotatable bonds is 2. The third kappa shape index (κ3) is 2.13. The summed E-state index contributed by atoms with van der Waals surface area (Å²) in [6.45, 7) is 0.529. The number of nitrogens with two attached hydrogens (primary N) is 1. The number of hydrogen-bond donors (Lipinski definition) is 1. The van der Waals surface area contributed by atoms with Crippen LogP contribution in [0.3, 0.4) is 0 Å². The SMILES string of the molecule is NCc1csc(-c2ccc3c(c2)CCCC3)n1. The molecule has 1 heterocycles. The Balaban J connectivity index is 1.97. The van der Waals surface area contributed by atoms with Crippen LogP contribution in [0.1, 0.15) is 29.7 Å². The second-order valence-electron chi connectivity index (χ2n) is 4.54. The molecule has 0 aliphatic heterocycles. The molecule has 0 amide bonds. The second-order valence-corrected chi connectivity index (χ2v) is 5.40. The van der Waals surface area contributed by atoms with E-state index in [-0.39, 0.29) is 0 Å². The highest BCUT2D eigenvalue weighted by molar-refractivity contribution is 7.13. The third-order valence-electron chi connectivity index (χ3n) is 3.36. The molecule has 0 saturated carbocycles. The van der Waals surface area contributed by atoms with E-state index in [1.165, 1.54) is 42.4 Å². The number of aryl methyl sites for hydroxylation is 2. The van der Waals surface area contributed by atoms with Gasteiger partial charge >= 0.3 is 0 Å². The van der Waals surface area contributed by atoms with E-state index in [9.17, 15) is 0 Å². The maximum absolute atomic E-state index is 5.60. The molecule has 0 bridgehead atoms. The van der Waals surface area contributed by atoms with Crippen LogP contribution in [0.2, 0.25) is 0 Å². The van der Waals surface area contributed by atoms with Crippen LogP contribution in [-0.4, -0.2) is 4.98 Å². The van der Waals surface area contributed by atoms with E-state index in [4.69, 9.17) is 5.73 Å². The molecule has 0 atom stereocenters. The Bertz CT molecular complexity index is 531. The van der Waals surface area contributed by atoms with Crippen LogP contribution in [0.4, 0.5) is 0 Å². The number of fused-ring (bicyclic) bond motifs is 1. The van der Waals surface area contributed by atoms with Gasteiger partial charge in [0.1, 0.15) is 5.01 Å². The second kappa shape index (κ2) is 4.59. The van der Waals surface area contributed by atoms with Gasteiger partial charge in [-0.3, -0.25) is 0 Å². The maximum atomic E-state index is 5.60. The lowest BCUT2D eigenvalue weighted by atomic mass is 9.90. The maximum Gasteiger partial charge on any atom is 0.123 e. The molecule has 2 aromatic rings. The average molecular weight is 244 g/mol. The van der Waals surface area contributed by atoms with Gasteiger partial charge in [0, 0.05) is 17.5 Å². The highest BCUT2D eigenvalue weighted by Gasteiger charge is 2.11. The molecular formula is C14H16N2S. The molecule has 2 N–H and O–H groups in total. The van der Waals surface area contributed by atoms with Crippen LogP contribution in [-0.2, 0) is 19.4 Å². The normalized spacial score (nSPS) is 14.6. The fourth-order valence-electron chi connectivity index (χ4n) is 2.40. The number of benzene rings is 1. The Morgan fingerprint density at radius 1 is 1.18 bits per heavy atom. The van der Waals surface area contributed by atoms with Crippen LogP contribution in [0.15, 0.2) is 23.6 Å². The van der Waals surface area contributed by atoms with Crippen molar-refractivity contribution < 1.29 is 0 Å². The Morgan fingerprint density at radius 3 is 2.76 bits per heavy atom. The van der Waals surface area contributed by atoms with Gasteiger partial charge in [-0.05, 0) is 42.9 Å². The molecule has 1 aromatic carbocycles. The van der Waals surface area contributed by atoms with E-state index in [0.717, 1.165) is 10.7 Å². The van der Waals surface area contributed by atoms with E-state index >= 15 is 0 Å². The first-order chi connectivity index (χ1) is 8.36. The molecule has 0 radical (unpaired) electrons. The first-order valence-electron chi connectivity index (χ1n) is 6.13. The highest BCUT2D eigenvalue weighted by atomic mass is 32.1. The van der Waals surface area contributed by atoms with Crippen molar-refractivity contribution in [2.45, 2.75) is 32.2 Å². The van der Waals surface area contributed by atoms with E-state index < -0.39 is 0 Å². The number of hydrogen-bond acceptors (Lipinski definition) is 3. The van der Waals surface area contributed by atoms with Crippen molar-refractivity contribution in [1.82, 2.24) is 4.98 Å². The molecule has 0 saturated heterocycles. The summed E-state index contributed by atoms with van der Waals surface area (Å²) in [5.74, 6) is 0. The number of nitrogens with zero attached hydrogens (tertiary/aromatic N) is 1. The number of thiazole rings is 1. The molecule has 1 aliphatic rings. The zero-order valence-corrected chi connectivity index (χ0v) is 10.6. The largest absolute Gasteiger partial charge is 0.325 e. The Hall–Kier alpha value is -1.19. The molecule has 88 valence electrons. The molecular weight excluding hydrogens is 228 g/mol. The van der Waals surface area contributed by atoms with Gasteiger partial charge in [0.25, 0.3) is 0 Å². The quantitative estimate of drug-likeness (QED) is 0.881. The Labute approximate surface area is 106 Å². The standard InChI is InChI=1S/C14H16N2S/c15-8-13-9-17-14(16-13)12-6-5-10-3-1-2-4-11(10)7-12/h5-7,9H,1-4,8,15H2. The summed E-state index contributed by atoms with van der Waals surface area (Å²) >= 11 is 1.69. The summed E-state index contributed by atoms with van der Waals surface area (Å²) in [7, 11) is 0. The van der Waals surface area contributed by atoms with E-state index in [1.54, 1.807) is 11.3 Å². The van der Waals surface area contributed by atoms with Crippen molar-refractivity contribution >= 4 is 11.3 Å². The summed E-state index contributed by atoms with van der Waals surface area (Å²) in [6.07, 6.45) is 5.11. The summed E-state index contributed by atoms with van der Waals surface area (Å²) in [5, 5.41) is 3.15. The molecule has 3 heteroatoms. The zero-order valence-electron chi connectivity index (χ0n) is 9.78. The fourth-order valence-corrected chi connectivity index (χ4v) is 3.23. The van der Waals surface area contributed by atoms with Crippen molar-refractivity contribution in [1.29, 1.82) is 0 Å². The fraction of sp³-hybridized carbons (Fsp3) is 0.357. The molecule has 1 aromatic heterocycles. The predicted molar refractivity (Wildman–Crippen MR) is 72.1 cm³/mol. The van der Waals surface area contributed by atoms with Gasteiger partial charge in [-0.1, -0.05) is 12.1 Å². The lowest BCUT2D eigenvalue weighted by Crippen LogP contribution is -2.02. The van der Waals surface area contributed by atoms with Crippen LogP contribution in [0.25, 0.3) is 10.6 Å². The van der Waals surface area contributed by atoms with Crippen LogP contribution in [0, 0.1) is 0 Å².